The summed E-state index contributed by atoms with van der Waals surface area (Å²) in [4.78, 5) is 14.9. The Kier molecular flexibility index (Phi) is 6.43. The highest BCUT2D eigenvalue weighted by atomic mass is 16.3. The molecule has 1 aliphatic carbocycles. The predicted octanol–water partition coefficient (Wildman–Crippen LogP) is 5.73. The molecule has 178 valence electrons. The minimum absolute atomic E-state index is 0.00712. The van der Waals surface area contributed by atoms with Gasteiger partial charge >= 0.3 is 0 Å². The molecule has 3 aromatic carbocycles. The highest BCUT2D eigenvalue weighted by Crippen LogP contribution is 2.40. The molecular weight excluding hydrogens is 434 g/mol. The van der Waals surface area contributed by atoms with E-state index in [-0.39, 0.29) is 12.2 Å². The van der Waals surface area contributed by atoms with E-state index in [4.69, 9.17) is 0 Å². The van der Waals surface area contributed by atoms with Crippen molar-refractivity contribution in [3.8, 4) is 11.1 Å². The Morgan fingerprint density at radius 1 is 0.971 bits per heavy atom. The number of hydrogen-bond donors (Lipinski definition) is 2. The Hall–Kier alpha value is -3.83. The van der Waals surface area contributed by atoms with E-state index in [0.717, 1.165) is 35.1 Å². The maximum absolute atomic E-state index is 12.6. The Morgan fingerprint density at radius 2 is 1.69 bits per heavy atom. The van der Waals surface area contributed by atoms with Crippen molar-refractivity contribution in [3.63, 3.8) is 0 Å². The Bertz CT molecular complexity index is 1430. The number of aliphatic hydroxyl groups excluding tert-OH is 1. The average molecular weight is 466 g/mol. The number of nitrogens with zero attached hydrogens (tertiary/aromatic N) is 2. The fourth-order valence-electron chi connectivity index (χ4n) is 4.76. The second-order valence-electron chi connectivity index (χ2n) is 8.95. The van der Waals surface area contributed by atoms with Crippen molar-refractivity contribution < 1.29 is 5.11 Å². The van der Waals surface area contributed by atoms with Gasteiger partial charge in [0.1, 0.15) is 0 Å². The minimum Gasteiger partial charge on any atom is -0.395 e. The molecule has 5 heteroatoms. The van der Waals surface area contributed by atoms with E-state index < -0.39 is 0 Å². The third kappa shape index (κ3) is 4.60. The van der Waals surface area contributed by atoms with Crippen molar-refractivity contribution in [2.24, 2.45) is 0 Å². The van der Waals surface area contributed by atoms with Gasteiger partial charge < -0.3 is 19.9 Å². The van der Waals surface area contributed by atoms with Crippen LogP contribution in [0.1, 0.15) is 25.3 Å². The monoisotopic (exact) mass is 465 g/mol. The molecule has 1 heterocycles. The number of aromatic nitrogens is 1. The molecule has 0 bridgehead atoms. The van der Waals surface area contributed by atoms with Crippen molar-refractivity contribution in [1.29, 1.82) is 0 Å². The van der Waals surface area contributed by atoms with Crippen LogP contribution in [0.4, 0.5) is 11.4 Å². The summed E-state index contributed by atoms with van der Waals surface area (Å²) < 4.78 is 1.78. The zero-order chi connectivity index (χ0) is 24.4. The fourth-order valence-corrected chi connectivity index (χ4v) is 4.76. The topological polar surface area (TPSA) is 57.5 Å². The SMILES string of the molecule is CCn1c(=O)cc(NCCO)c2cc(N(C)C(=C3CC3)c3ccc(-c4ccccc4)cc3)ccc21. The summed E-state index contributed by atoms with van der Waals surface area (Å²) in [6, 6.07) is 27.1. The molecule has 1 saturated carbocycles. The van der Waals surface area contributed by atoms with Gasteiger partial charge in [-0.3, -0.25) is 4.79 Å². The molecule has 0 amide bonds. The van der Waals surface area contributed by atoms with Gasteiger partial charge in [-0.25, -0.2) is 0 Å². The number of anilines is 2. The Morgan fingerprint density at radius 3 is 2.34 bits per heavy atom. The van der Waals surface area contributed by atoms with Gasteiger partial charge in [0.2, 0.25) is 0 Å². The van der Waals surface area contributed by atoms with Crippen LogP contribution in [0.5, 0.6) is 0 Å². The van der Waals surface area contributed by atoms with Gasteiger partial charge in [0, 0.05) is 48.7 Å². The lowest BCUT2D eigenvalue weighted by atomic mass is 10.0. The number of fused-ring (bicyclic) bond motifs is 1. The van der Waals surface area contributed by atoms with E-state index in [0.29, 0.717) is 13.1 Å². The van der Waals surface area contributed by atoms with E-state index in [1.807, 2.05) is 19.1 Å². The van der Waals surface area contributed by atoms with Crippen LogP contribution in [0, 0.1) is 0 Å². The van der Waals surface area contributed by atoms with Crippen LogP contribution in [0.15, 0.2) is 89.2 Å². The number of aliphatic hydroxyl groups is 1. The lowest BCUT2D eigenvalue weighted by molar-refractivity contribution is 0.311. The normalized spacial score (nSPS) is 12.6. The molecule has 4 aromatic rings. The number of pyridine rings is 1. The molecule has 0 saturated heterocycles. The first-order chi connectivity index (χ1) is 17.1. The van der Waals surface area contributed by atoms with E-state index in [1.165, 1.54) is 28.0 Å². The molecule has 0 radical (unpaired) electrons. The van der Waals surface area contributed by atoms with Crippen LogP contribution >= 0.6 is 0 Å². The molecule has 5 rings (SSSR count). The lowest BCUT2D eigenvalue weighted by Crippen LogP contribution is -2.21. The number of rotatable bonds is 8. The second kappa shape index (κ2) is 9.80. The van der Waals surface area contributed by atoms with Gasteiger partial charge in [-0.1, -0.05) is 54.6 Å². The number of aryl methyl sites for hydroxylation is 1. The lowest BCUT2D eigenvalue weighted by Gasteiger charge is -2.25. The number of hydrogen-bond acceptors (Lipinski definition) is 4. The summed E-state index contributed by atoms with van der Waals surface area (Å²) in [5.41, 5.74) is 9.00. The number of allylic oxidation sites excluding steroid dienone is 1. The average Bonchev–Trinajstić information content (AvgIpc) is 3.73. The molecule has 0 unspecified atom stereocenters. The first-order valence-corrected chi connectivity index (χ1v) is 12.2. The first-order valence-electron chi connectivity index (χ1n) is 12.2. The Labute approximate surface area is 206 Å². The quantitative estimate of drug-likeness (QED) is 0.349. The van der Waals surface area contributed by atoms with Crippen LogP contribution in [-0.4, -0.2) is 29.9 Å². The van der Waals surface area contributed by atoms with Crippen molar-refractivity contribution >= 4 is 28.0 Å². The van der Waals surface area contributed by atoms with Crippen molar-refractivity contribution in [2.45, 2.75) is 26.3 Å². The molecule has 5 nitrogen and oxygen atoms in total. The summed E-state index contributed by atoms with van der Waals surface area (Å²) in [7, 11) is 2.11. The summed E-state index contributed by atoms with van der Waals surface area (Å²) in [5, 5.41) is 13.5. The van der Waals surface area contributed by atoms with Gasteiger partial charge in [0.15, 0.2) is 0 Å². The summed E-state index contributed by atoms with van der Waals surface area (Å²) in [6.45, 7) is 2.99. The minimum atomic E-state index is -0.0409. The standard InChI is InChI=1S/C30H31N3O2/c1-3-33-28-16-15-25(19-26(28)27(20-29(33)35)31-17-18-34)32(2)30(24-13-14-24)23-11-9-22(10-12-23)21-7-5-4-6-8-21/h4-12,15-16,19-20,31,34H,3,13-14,17-18H2,1-2H3. The summed E-state index contributed by atoms with van der Waals surface area (Å²) in [5.74, 6) is 0. The molecular formula is C30H31N3O2. The fraction of sp³-hybridized carbons (Fsp3) is 0.233. The highest BCUT2D eigenvalue weighted by Gasteiger charge is 2.23. The first kappa shape index (κ1) is 22.9. The Balaban J connectivity index is 1.54. The van der Waals surface area contributed by atoms with Crippen molar-refractivity contribution in [1.82, 2.24) is 4.57 Å². The maximum Gasteiger partial charge on any atom is 0.253 e. The zero-order valence-corrected chi connectivity index (χ0v) is 20.3. The van der Waals surface area contributed by atoms with Crippen molar-refractivity contribution in [3.05, 3.63) is 100 Å². The van der Waals surface area contributed by atoms with E-state index in [1.54, 1.807) is 10.6 Å². The summed E-state index contributed by atoms with van der Waals surface area (Å²) in [6.07, 6.45) is 2.23. The van der Waals surface area contributed by atoms with Crippen molar-refractivity contribution in [2.75, 3.05) is 30.4 Å². The molecule has 0 aliphatic heterocycles. The maximum atomic E-state index is 12.6. The third-order valence-corrected chi connectivity index (χ3v) is 6.66. The molecule has 1 fully saturated rings. The molecule has 0 spiro atoms. The third-order valence-electron chi connectivity index (χ3n) is 6.66. The van der Waals surface area contributed by atoms with Gasteiger partial charge in [-0.15, -0.1) is 0 Å². The van der Waals surface area contributed by atoms with Crippen LogP contribution in [-0.2, 0) is 6.54 Å². The van der Waals surface area contributed by atoms with Crippen LogP contribution < -0.4 is 15.8 Å². The van der Waals surface area contributed by atoms with Gasteiger partial charge in [-0.2, -0.15) is 0 Å². The predicted molar refractivity (Wildman–Crippen MR) is 146 cm³/mol. The zero-order valence-electron chi connectivity index (χ0n) is 20.3. The van der Waals surface area contributed by atoms with Gasteiger partial charge in [-0.05, 0) is 60.2 Å². The van der Waals surface area contributed by atoms with Crippen LogP contribution in [0.2, 0.25) is 0 Å². The second-order valence-corrected chi connectivity index (χ2v) is 8.95. The van der Waals surface area contributed by atoms with Gasteiger partial charge in [0.05, 0.1) is 12.1 Å². The largest absolute Gasteiger partial charge is 0.395 e. The number of nitrogens with one attached hydrogen (secondary N) is 1. The number of benzene rings is 3. The molecule has 35 heavy (non-hydrogen) atoms. The molecule has 0 atom stereocenters. The van der Waals surface area contributed by atoms with Gasteiger partial charge in [0.25, 0.3) is 5.56 Å². The highest BCUT2D eigenvalue weighted by molar-refractivity contribution is 5.96. The summed E-state index contributed by atoms with van der Waals surface area (Å²) >= 11 is 0. The van der Waals surface area contributed by atoms with Crippen LogP contribution in [0.25, 0.3) is 27.7 Å². The van der Waals surface area contributed by atoms with E-state index in [2.05, 4.69) is 77.9 Å². The molecule has 1 aromatic heterocycles. The molecule has 2 N–H and O–H groups in total. The van der Waals surface area contributed by atoms with E-state index in [9.17, 15) is 9.90 Å². The van der Waals surface area contributed by atoms with E-state index >= 15 is 0 Å². The smallest absolute Gasteiger partial charge is 0.253 e. The van der Waals surface area contributed by atoms with Crippen LogP contribution in [0.3, 0.4) is 0 Å². The molecule has 1 aliphatic rings.